The van der Waals surface area contributed by atoms with Gasteiger partial charge in [-0.2, -0.15) is 0 Å². The summed E-state index contributed by atoms with van der Waals surface area (Å²) < 4.78 is 32.6. The van der Waals surface area contributed by atoms with E-state index in [0.29, 0.717) is 25.7 Å². The van der Waals surface area contributed by atoms with Gasteiger partial charge in [0.2, 0.25) is 0 Å². The van der Waals surface area contributed by atoms with Gasteiger partial charge < -0.3 is 29.7 Å². The molecule has 0 heterocycles. The summed E-state index contributed by atoms with van der Waals surface area (Å²) in [6.07, 6.45) is 54.6. The van der Waals surface area contributed by atoms with E-state index in [1.165, 1.54) is 0 Å². The van der Waals surface area contributed by atoms with Gasteiger partial charge in [0.05, 0.1) is 25.9 Å². The molecule has 0 aliphatic heterocycles. The maximum Gasteiger partial charge on any atom is 0.472 e. The zero-order valence-electron chi connectivity index (χ0n) is 37.4. The van der Waals surface area contributed by atoms with Gasteiger partial charge in [0, 0.05) is 12.8 Å². The molecule has 0 saturated heterocycles. The van der Waals surface area contributed by atoms with Gasteiger partial charge in [0.25, 0.3) is 0 Å². The summed E-state index contributed by atoms with van der Waals surface area (Å²) in [5, 5.41) is 28.3. The summed E-state index contributed by atoms with van der Waals surface area (Å²) >= 11 is 0. The number of esters is 2. The van der Waals surface area contributed by atoms with Gasteiger partial charge in [-0.3, -0.25) is 18.6 Å². The van der Waals surface area contributed by atoms with Gasteiger partial charge in [-0.25, -0.2) is 4.57 Å². The minimum Gasteiger partial charge on any atom is -0.462 e. The molecule has 348 valence electrons. The minimum absolute atomic E-state index is 0.0763. The highest BCUT2D eigenvalue weighted by Gasteiger charge is 2.27. The summed E-state index contributed by atoms with van der Waals surface area (Å²) in [5.74, 6) is -1.11. The average molecular weight is 885 g/mol. The van der Waals surface area contributed by atoms with Crippen molar-refractivity contribution in [2.24, 2.45) is 0 Å². The molecule has 0 radical (unpaired) electrons. The van der Waals surface area contributed by atoms with Crippen LogP contribution in [-0.2, 0) is 32.7 Å². The predicted octanol–water partition coefficient (Wildman–Crippen LogP) is 11.1. The molecule has 0 aromatic heterocycles. The van der Waals surface area contributed by atoms with Crippen molar-refractivity contribution < 1.29 is 52.9 Å². The molecule has 0 bridgehead atoms. The molecular weight excluding hydrogens is 808 g/mol. The Bertz CT molecular complexity index is 1500. The van der Waals surface area contributed by atoms with E-state index in [-0.39, 0.29) is 12.8 Å². The van der Waals surface area contributed by atoms with E-state index in [1.54, 1.807) is 6.08 Å². The monoisotopic (exact) mass is 885 g/mol. The second kappa shape index (κ2) is 43.7. The highest BCUT2D eigenvalue weighted by atomic mass is 31.2. The second-order valence-electron chi connectivity index (χ2n) is 14.2. The van der Waals surface area contributed by atoms with Crippen LogP contribution >= 0.6 is 7.82 Å². The fourth-order valence-corrected chi connectivity index (χ4v) is 5.80. The lowest BCUT2D eigenvalue weighted by atomic mass is 10.1. The molecule has 4 N–H and O–H groups in total. The summed E-state index contributed by atoms with van der Waals surface area (Å²) in [6.45, 7) is 1.91. The molecule has 0 saturated carbocycles. The Morgan fingerprint density at radius 2 is 1.05 bits per heavy atom. The number of carbonyl (C=O) groups excluding carboxylic acids is 2. The molecule has 0 aromatic rings. The Hall–Kier alpha value is -3.93. The van der Waals surface area contributed by atoms with E-state index in [1.807, 2.05) is 54.7 Å². The lowest BCUT2D eigenvalue weighted by Gasteiger charge is -2.20. The highest BCUT2D eigenvalue weighted by molar-refractivity contribution is 7.47. The summed E-state index contributed by atoms with van der Waals surface area (Å²) in [4.78, 5) is 35.0. The molecule has 0 rings (SSSR count). The smallest absolute Gasteiger partial charge is 0.462 e. The van der Waals surface area contributed by atoms with E-state index in [2.05, 4.69) is 91.3 Å². The van der Waals surface area contributed by atoms with Crippen molar-refractivity contribution in [3.05, 3.63) is 134 Å². The fraction of sp³-hybridized carbons (Fsp3) is 0.520. The number of phosphoric ester groups is 1. The fourth-order valence-electron chi connectivity index (χ4n) is 5.01. The van der Waals surface area contributed by atoms with Gasteiger partial charge in [-0.1, -0.05) is 154 Å². The molecule has 4 atom stereocenters. The van der Waals surface area contributed by atoms with Crippen molar-refractivity contribution in [1.29, 1.82) is 0 Å². The molecule has 0 aromatic carbocycles. The third-order valence-corrected chi connectivity index (χ3v) is 9.34. The molecule has 0 spiro atoms. The highest BCUT2D eigenvalue weighted by Crippen LogP contribution is 2.43. The quantitative estimate of drug-likeness (QED) is 0.0152. The Balaban J connectivity index is 4.55. The molecule has 0 aliphatic carbocycles. The first-order valence-corrected chi connectivity index (χ1v) is 23.7. The van der Waals surface area contributed by atoms with Gasteiger partial charge in [0.1, 0.15) is 12.7 Å². The van der Waals surface area contributed by atoms with Crippen molar-refractivity contribution in [2.75, 3.05) is 26.4 Å². The van der Waals surface area contributed by atoms with Crippen LogP contribution in [0, 0.1) is 0 Å². The standard InChI is InChI=1S/C50H77O11P/c1-3-5-7-9-11-12-13-14-15-16-17-18-19-20-21-26-29-33-37-41-50(55)61-48(45-60-62(56,57)59-43-47(53)42-51)44-58-49(54)40-36-32-28-25-23-22-24-27-31-35-39-46(52)38-34-30-10-8-6-4-2/h5-8,11-12,14-15,17-18,20-23,27-28,30-32,34-35,39,46-48,51-53H,3-4,9-10,13,16,19,24-26,29,33,36-38,40-45H2,1-2H3,(H,56,57)/b7-5-,8-6-,12-11-,15-14-,18-17-,21-20-,23-22-,31-27-,32-28-,34-30-,39-35+/t46?,47-,48+/m0/s1. The maximum absolute atomic E-state index is 12.6. The number of phosphoric acid groups is 1. The molecule has 0 aliphatic rings. The Labute approximate surface area is 373 Å². The Morgan fingerprint density at radius 1 is 0.548 bits per heavy atom. The minimum atomic E-state index is -4.67. The maximum atomic E-state index is 12.6. The first-order chi connectivity index (χ1) is 30.1. The van der Waals surface area contributed by atoms with Gasteiger partial charge in [0.15, 0.2) is 6.10 Å². The number of ether oxygens (including phenoxy) is 2. The third-order valence-electron chi connectivity index (χ3n) is 8.39. The predicted molar refractivity (Wildman–Crippen MR) is 252 cm³/mol. The molecule has 2 unspecified atom stereocenters. The number of rotatable bonds is 39. The van der Waals surface area contributed by atoms with Gasteiger partial charge in [-0.05, 0) is 89.9 Å². The van der Waals surface area contributed by atoms with Crippen LogP contribution in [0.15, 0.2) is 134 Å². The number of allylic oxidation sites excluding steroid dienone is 20. The topological polar surface area (TPSA) is 169 Å². The van der Waals surface area contributed by atoms with Crippen molar-refractivity contribution in [1.82, 2.24) is 0 Å². The van der Waals surface area contributed by atoms with Crippen molar-refractivity contribution >= 4 is 19.8 Å². The number of hydrogen-bond acceptors (Lipinski definition) is 10. The number of unbranched alkanes of at least 4 members (excludes halogenated alkanes) is 3. The van der Waals surface area contributed by atoms with Crippen molar-refractivity contribution in [3.8, 4) is 0 Å². The second-order valence-corrected chi connectivity index (χ2v) is 15.6. The van der Waals surface area contributed by atoms with E-state index >= 15 is 0 Å². The van der Waals surface area contributed by atoms with Crippen LogP contribution in [0.3, 0.4) is 0 Å². The van der Waals surface area contributed by atoms with Crippen LogP contribution in [-0.4, -0.2) is 76.9 Å². The Kier molecular flexibility index (Phi) is 40.9. The zero-order chi connectivity index (χ0) is 45.6. The van der Waals surface area contributed by atoms with Crippen LogP contribution in [0.5, 0.6) is 0 Å². The molecule has 0 amide bonds. The number of hydrogen-bond donors (Lipinski definition) is 4. The molecule has 62 heavy (non-hydrogen) atoms. The largest absolute Gasteiger partial charge is 0.472 e. The SMILES string of the molecule is CC/C=C\C/C=C\C/C=C\C/C=C\C/C=C\CCCCCC(=O)O[C@H](COC(=O)CC/C=C\C/C=C\C/C=C\C=C\C(O)C/C=C\C/C=C\CC)COP(=O)(O)OC[C@@H](O)CO. The lowest BCUT2D eigenvalue weighted by Crippen LogP contribution is -2.29. The summed E-state index contributed by atoms with van der Waals surface area (Å²) in [5.41, 5.74) is 0. The van der Waals surface area contributed by atoms with Crippen LogP contribution in [0.2, 0.25) is 0 Å². The van der Waals surface area contributed by atoms with Crippen LogP contribution in [0.1, 0.15) is 123 Å². The molecule has 11 nitrogen and oxygen atoms in total. The third kappa shape index (κ3) is 42.7. The van der Waals surface area contributed by atoms with E-state index in [4.69, 9.17) is 19.1 Å². The van der Waals surface area contributed by atoms with Crippen LogP contribution < -0.4 is 0 Å². The number of aliphatic hydroxyl groups excluding tert-OH is 3. The van der Waals surface area contributed by atoms with Gasteiger partial charge >= 0.3 is 19.8 Å². The van der Waals surface area contributed by atoms with E-state index in [0.717, 1.165) is 70.6 Å². The molecule has 0 fully saturated rings. The number of carbonyl (C=O) groups is 2. The van der Waals surface area contributed by atoms with E-state index in [9.17, 15) is 29.3 Å². The summed E-state index contributed by atoms with van der Waals surface area (Å²) in [6, 6.07) is 0. The Morgan fingerprint density at radius 3 is 1.61 bits per heavy atom. The zero-order valence-corrected chi connectivity index (χ0v) is 38.3. The van der Waals surface area contributed by atoms with E-state index < -0.39 is 64.5 Å². The van der Waals surface area contributed by atoms with Gasteiger partial charge in [-0.15, -0.1) is 0 Å². The number of aliphatic hydroxyl groups is 3. The molecular formula is C50H77O11P. The van der Waals surface area contributed by atoms with Crippen molar-refractivity contribution in [2.45, 2.75) is 141 Å². The van der Waals surface area contributed by atoms with Crippen LogP contribution in [0.25, 0.3) is 0 Å². The van der Waals surface area contributed by atoms with Crippen LogP contribution in [0.4, 0.5) is 0 Å². The normalized spacial score (nSPS) is 15.5. The van der Waals surface area contributed by atoms with Crippen molar-refractivity contribution in [3.63, 3.8) is 0 Å². The lowest BCUT2D eigenvalue weighted by molar-refractivity contribution is -0.161. The molecule has 12 heteroatoms. The first kappa shape index (κ1) is 58.1. The first-order valence-electron chi connectivity index (χ1n) is 22.3. The average Bonchev–Trinajstić information content (AvgIpc) is 3.26. The summed E-state index contributed by atoms with van der Waals surface area (Å²) in [7, 11) is -4.67.